The van der Waals surface area contributed by atoms with Crippen LogP contribution in [0.1, 0.15) is 31.9 Å². The first-order chi connectivity index (χ1) is 18.0. The number of carbonyl (C=O) groups is 2. The first-order valence-corrected chi connectivity index (χ1v) is 13.9. The Balaban J connectivity index is 1.99. The highest BCUT2D eigenvalue weighted by Gasteiger charge is 2.32. The van der Waals surface area contributed by atoms with Gasteiger partial charge in [0.1, 0.15) is 18.4 Å². The van der Waals surface area contributed by atoms with Crippen molar-refractivity contribution < 1.29 is 22.4 Å². The molecule has 3 rings (SSSR count). The second-order valence-electron chi connectivity index (χ2n) is 9.63. The second-order valence-corrected chi connectivity index (χ2v) is 11.5. The molecule has 0 aliphatic heterocycles. The fourth-order valence-corrected chi connectivity index (χ4v) is 5.33. The van der Waals surface area contributed by atoms with E-state index in [4.69, 9.17) is 0 Å². The van der Waals surface area contributed by atoms with Crippen LogP contribution in [-0.4, -0.2) is 44.3 Å². The van der Waals surface area contributed by atoms with E-state index < -0.39 is 34.3 Å². The summed E-state index contributed by atoms with van der Waals surface area (Å²) >= 11 is 0. The van der Waals surface area contributed by atoms with Gasteiger partial charge in [-0.1, -0.05) is 61.9 Å². The molecule has 7 nitrogen and oxygen atoms in total. The number of hydrogen-bond donors (Lipinski definition) is 1. The maximum absolute atomic E-state index is 13.8. The summed E-state index contributed by atoms with van der Waals surface area (Å²) in [6.45, 7) is 7.47. The summed E-state index contributed by atoms with van der Waals surface area (Å²) < 4.78 is 41.9. The van der Waals surface area contributed by atoms with Crippen molar-refractivity contribution in [3.8, 4) is 0 Å². The lowest BCUT2D eigenvalue weighted by atomic mass is 10.1. The van der Waals surface area contributed by atoms with Gasteiger partial charge in [0, 0.05) is 13.1 Å². The molecule has 0 aromatic heterocycles. The van der Waals surface area contributed by atoms with Gasteiger partial charge in [-0.3, -0.25) is 13.9 Å². The van der Waals surface area contributed by atoms with Crippen LogP contribution in [0.15, 0.2) is 83.8 Å². The van der Waals surface area contributed by atoms with Crippen molar-refractivity contribution in [3.05, 3.63) is 95.8 Å². The fourth-order valence-electron chi connectivity index (χ4n) is 3.90. The van der Waals surface area contributed by atoms with Gasteiger partial charge in [-0.05, 0) is 61.7 Å². The van der Waals surface area contributed by atoms with Gasteiger partial charge >= 0.3 is 0 Å². The summed E-state index contributed by atoms with van der Waals surface area (Å²) in [5.74, 6) is -1.22. The molecule has 0 radical (unpaired) electrons. The maximum atomic E-state index is 13.8. The van der Waals surface area contributed by atoms with Crippen LogP contribution in [0.4, 0.5) is 10.1 Å². The van der Waals surface area contributed by atoms with Gasteiger partial charge < -0.3 is 10.2 Å². The van der Waals surface area contributed by atoms with E-state index >= 15 is 0 Å². The summed E-state index contributed by atoms with van der Waals surface area (Å²) in [4.78, 5) is 28.2. The molecule has 9 heteroatoms. The Morgan fingerprint density at radius 3 is 2.18 bits per heavy atom. The number of carbonyl (C=O) groups excluding carboxylic acids is 2. The van der Waals surface area contributed by atoms with Crippen LogP contribution in [0.5, 0.6) is 0 Å². The molecule has 0 heterocycles. The summed E-state index contributed by atoms with van der Waals surface area (Å²) in [5.41, 5.74) is 1.93. The average molecular weight is 540 g/mol. The zero-order chi connectivity index (χ0) is 27.9. The lowest BCUT2D eigenvalue weighted by Gasteiger charge is -2.32. The van der Waals surface area contributed by atoms with E-state index in [1.165, 1.54) is 29.2 Å². The summed E-state index contributed by atoms with van der Waals surface area (Å²) in [6.07, 6.45) is 0. The quantitative estimate of drug-likeness (QED) is 0.388. The van der Waals surface area contributed by atoms with Crippen molar-refractivity contribution in [2.75, 3.05) is 17.4 Å². The van der Waals surface area contributed by atoms with E-state index in [1.54, 1.807) is 25.1 Å². The molecule has 0 aliphatic carbocycles. The Morgan fingerprint density at radius 2 is 1.58 bits per heavy atom. The standard InChI is InChI=1S/C29H34FN3O4S/c1-21(2)18-31-29(35)23(4)32(19-24-10-8-9-22(3)17-24)28(34)20-33(26-15-13-25(30)14-16-26)38(36,37)27-11-6-5-7-12-27/h5-17,21,23H,18-20H2,1-4H3,(H,31,35)/t23-/m1/s1. The minimum absolute atomic E-state index is 0.00918. The Bertz CT molecular complexity index is 1350. The molecule has 0 aliphatic rings. The number of halogens is 1. The molecule has 1 atom stereocenters. The fraction of sp³-hybridized carbons (Fsp3) is 0.310. The second kappa shape index (κ2) is 12.7. The maximum Gasteiger partial charge on any atom is 0.264 e. The number of nitrogens with zero attached hydrogens (tertiary/aromatic N) is 2. The normalized spacial score (nSPS) is 12.2. The van der Waals surface area contributed by atoms with Crippen molar-refractivity contribution in [1.82, 2.24) is 10.2 Å². The van der Waals surface area contributed by atoms with E-state index in [9.17, 15) is 22.4 Å². The largest absolute Gasteiger partial charge is 0.354 e. The molecule has 2 amide bonds. The number of nitrogens with one attached hydrogen (secondary N) is 1. The number of rotatable bonds is 11. The zero-order valence-electron chi connectivity index (χ0n) is 22.1. The van der Waals surface area contributed by atoms with Gasteiger partial charge in [-0.25, -0.2) is 12.8 Å². The van der Waals surface area contributed by atoms with Gasteiger partial charge in [0.15, 0.2) is 0 Å². The van der Waals surface area contributed by atoms with Crippen LogP contribution in [0, 0.1) is 18.7 Å². The third kappa shape index (κ3) is 7.41. The van der Waals surface area contributed by atoms with Crippen LogP contribution in [0.25, 0.3) is 0 Å². The Kier molecular flexibility index (Phi) is 9.63. The predicted molar refractivity (Wildman–Crippen MR) is 146 cm³/mol. The number of amides is 2. The molecule has 202 valence electrons. The van der Waals surface area contributed by atoms with E-state index in [2.05, 4.69) is 5.32 Å². The molecule has 0 unspecified atom stereocenters. The third-order valence-corrected chi connectivity index (χ3v) is 7.80. The van der Waals surface area contributed by atoms with E-state index in [0.29, 0.717) is 6.54 Å². The van der Waals surface area contributed by atoms with Crippen molar-refractivity contribution in [2.45, 2.75) is 45.2 Å². The first-order valence-electron chi connectivity index (χ1n) is 12.4. The van der Waals surface area contributed by atoms with Crippen molar-refractivity contribution in [2.24, 2.45) is 5.92 Å². The Morgan fingerprint density at radius 1 is 0.921 bits per heavy atom. The number of anilines is 1. The average Bonchev–Trinajstić information content (AvgIpc) is 2.89. The molecule has 1 N–H and O–H groups in total. The Labute approximate surface area is 224 Å². The van der Waals surface area contributed by atoms with Crippen LogP contribution in [-0.2, 0) is 26.2 Å². The van der Waals surface area contributed by atoms with Crippen LogP contribution < -0.4 is 9.62 Å². The Hall–Kier alpha value is -3.72. The van der Waals surface area contributed by atoms with Gasteiger partial charge in [0.25, 0.3) is 10.0 Å². The predicted octanol–water partition coefficient (Wildman–Crippen LogP) is 4.52. The molecule has 0 saturated carbocycles. The summed E-state index contributed by atoms with van der Waals surface area (Å²) in [5, 5.41) is 2.86. The van der Waals surface area contributed by atoms with Gasteiger partial charge in [0.2, 0.25) is 11.8 Å². The van der Waals surface area contributed by atoms with Crippen molar-refractivity contribution in [3.63, 3.8) is 0 Å². The summed E-state index contributed by atoms with van der Waals surface area (Å²) in [7, 11) is -4.18. The van der Waals surface area contributed by atoms with Crippen LogP contribution >= 0.6 is 0 Å². The van der Waals surface area contributed by atoms with Gasteiger partial charge in [-0.2, -0.15) is 0 Å². The first kappa shape index (κ1) is 28.8. The highest BCUT2D eigenvalue weighted by Crippen LogP contribution is 2.25. The molecular formula is C29H34FN3O4S. The lowest BCUT2D eigenvalue weighted by Crippen LogP contribution is -2.51. The highest BCUT2D eigenvalue weighted by atomic mass is 32.2. The van der Waals surface area contributed by atoms with Gasteiger partial charge in [0.05, 0.1) is 10.6 Å². The topological polar surface area (TPSA) is 86.8 Å². The lowest BCUT2D eigenvalue weighted by molar-refractivity contribution is -0.139. The number of hydrogen-bond acceptors (Lipinski definition) is 4. The van der Waals surface area contributed by atoms with Crippen LogP contribution in [0.2, 0.25) is 0 Å². The molecule has 38 heavy (non-hydrogen) atoms. The minimum Gasteiger partial charge on any atom is -0.354 e. The number of benzene rings is 3. The molecule has 3 aromatic rings. The number of aryl methyl sites for hydroxylation is 1. The number of sulfonamides is 1. The van der Waals surface area contributed by atoms with Crippen molar-refractivity contribution >= 4 is 27.5 Å². The van der Waals surface area contributed by atoms with Crippen LogP contribution in [0.3, 0.4) is 0 Å². The summed E-state index contributed by atoms with van der Waals surface area (Å²) in [6, 6.07) is 19.3. The van der Waals surface area contributed by atoms with Gasteiger partial charge in [-0.15, -0.1) is 0 Å². The molecule has 0 spiro atoms. The van der Waals surface area contributed by atoms with E-state index in [-0.39, 0.29) is 29.0 Å². The molecule has 0 saturated heterocycles. The monoisotopic (exact) mass is 539 g/mol. The smallest absolute Gasteiger partial charge is 0.264 e. The highest BCUT2D eigenvalue weighted by molar-refractivity contribution is 7.92. The third-order valence-electron chi connectivity index (χ3n) is 6.01. The van der Waals surface area contributed by atoms with E-state index in [0.717, 1.165) is 27.6 Å². The SMILES string of the molecule is Cc1cccc(CN(C(=O)CN(c2ccc(F)cc2)S(=O)(=O)c2ccccc2)[C@H](C)C(=O)NCC(C)C)c1. The minimum atomic E-state index is -4.18. The van der Waals surface area contributed by atoms with Crippen molar-refractivity contribution in [1.29, 1.82) is 0 Å². The molecule has 0 fully saturated rings. The molecular weight excluding hydrogens is 505 g/mol. The molecule has 3 aromatic carbocycles. The zero-order valence-corrected chi connectivity index (χ0v) is 22.9. The van der Waals surface area contributed by atoms with E-state index in [1.807, 2.05) is 45.0 Å². The molecule has 0 bridgehead atoms.